The van der Waals surface area contributed by atoms with Crippen molar-refractivity contribution < 1.29 is 9.18 Å². The summed E-state index contributed by atoms with van der Waals surface area (Å²) in [7, 11) is 0. The van der Waals surface area contributed by atoms with Crippen LogP contribution in [-0.4, -0.2) is 41.5 Å². The van der Waals surface area contributed by atoms with Crippen molar-refractivity contribution in [3.63, 3.8) is 0 Å². The van der Waals surface area contributed by atoms with Gasteiger partial charge in [-0.1, -0.05) is 12.8 Å². The van der Waals surface area contributed by atoms with E-state index in [0.29, 0.717) is 24.0 Å². The quantitative estimate of drug-likeness (QED) is 0.755. The number of halogens is 1. The number of amides is 1. The largest absolute Gasteiger partial charge is 0.337 e. The van der Waals surface area contributed by atoms with Gasteiger partial charge in [0, 0.05) is 31.2 Å². The Hall–Kier alpha value is -1.79. The fourth-order valence-corrected chi connectivity index (χ4v) is 4.78. The second kappa shape index (κ2) is 8.93. The Morgan fingerprint density at radius 2 is 2.07 bits per heavy atom. The normalized spacial score (nSPS) is 14.7. The van der Waals surface area contributed by atoms with Gasteiger partial charge < -0.3 is 10.2 Å². The number of likely N-dealkylation sites (N-methyl/N-ethyl adjacent to an activating group) is 1. The molecule has 1 fully saturated rings. The van der Waals surface area contributed by atoms with Gasteiger partial charge in [0.1, 0.15) is 15.7 Å². The van der Waals surface area contributed by atoms with Crippen LogP contribution in [0, 0.1) is 19.7 Å². The molecule has 1 aliphatic carbocycles. The summed E-state index contributed by atoms with van der Waals surface area (Å²) in [5.41, 5.74) is 2.45. The minimum absolute atomic E-state index is 0.0340. The first kappa shape index (κ1) is 20.0. The topological polar surface area (TPSA) is 45.2 Å². The molecule has 0 saturated heterocycles. The molecule has 0 atom stereocenters. The molecule has 1 aromatic carbocycles. The van der Waals surface area contributed by atoms with Gasteiger partial charge in [-0.05, 0) is 57.4 Å². The summed E-state index contributed by atoms with van der Waals surface area (Å²) in [5, 5.41) is 4.34. The number of hydrogen-bond donors (Lipinski definition) is 1. The first-order valence-electron chi connectivity index (χ1n) is 9.76. The van der Waals surface area contributed by atoms with Crippen LogP contribution in [0.2, 0.25) is 0 Å². The Morgan fingerprint density at radius 1 is 1.33 bits per heavy atom. The molecule has 1 amide bonds. The van der Waals surface area contributed by atoms with Crippen LogP contribution in [0.15, 0.2) is 18.2 Å². The Balaban J connectivity index is 1.70. The summed E-state index contributed by atoms with van der Waals surface area (Å²) < 4.78 is 13.4. The van der Waals surface area contributed by atoms with Crippen LogP contribution in [-0.2, 0) is 0 Å². The van der Waals surface area contributed by atoms with E-state index < -0.39 is 0 Å². The lowest BCUT2D eigenvalue weighted by Crippen LogP contribution is -2.39. The summed E-state index contributed by atoms with van der Waals surface area (Å²) in [5.74, 6) is -0.223. The van der Waals surface area contributed by atoms with E-state index >= 15 is 0 Å². The second-order valence-electron chi connectivity index (χ2n) is 7.21. The summed E-state index contributed by atoms with van der Waals surface area (Å²) in [4.78, 5) is 20.2. The smallest absolute Gasteiger partial charge is 0.265 e. The van der Waals surface area contributed by atoms with Gasteiger partial charge in [-0.3, -0.25) is 4.79 Å². The SMILES string of the molecule is CCN(CCNC1CCCC1)C(=O)c1sc(-c2ccc(F)cc2C)nc1C. The van der Waals surface area contributed by atoms with E-state index in [-0.39, 0.29) is 11.7 Å². The lowest BCUT2D eigenvalue weighted by atomic mass is 10.1. The molecule has 0 spiro atoms. The molecule has 27 heavy (non-hydrogen) atoms. The number of nitrogens with one attached hydrogen (secondary N) is 1. The average Bonchev–Trinajstić information content (AvgIpc) is 3.28. The van der Waals surface area contributed by atoms with E-state index in [9.17, 15) is 9.18 Å². The lowest BCUT2D eigenvalue weighted by Gasteiger charge is -2.22. The van der Waals surface area contributed by atoms with Gasteiger partial charge in [0.15, 0.2) is 0 Å². The monoisotopic (exact) mass is 389 g/mol. The zero-order chi connectivity index (χ0) is 19.4. The molecule has 3 rings (SSSR count). The molecule has 1 N–H and O–H groups in total. The Kier molecular flexibility index (Phi) is 6.60. The minimum Gasteiger partial charge on any atom is -0.337 e. The molecule has 2 aromatic rings. The van der Waals surface area contributed by atoms with Gasteiger partial charge in [0.05, 0.1) is 5.69 Å². The Labute approximate surface area is 164 Å². The van der Waals surface area contributed by atoms with Crippen molar-refractivity contribution in [2.24, 2.45) is 0 Å². The maximum atomic E-state index is 13.4. The summed E-state index contributed by atoms with van der Waals surface area (Å²) in [6.45, 7) is 7.95. The minimum atomic E-state index is -0.257. The molecule has 0 unspecified atom stereocenters. The molecule has 146 valence electrons. The van der Waals surface area contributed by atoms with Crippen molar-refractivity contribution in [1.82, 2.24) is 15.2 Å². The van der Waals surface area contributed by atoms with E-state index in [2.05, 4.69) is 10.3 Å². The molecule has 0 aliphatic heterocycles. The highest BCUT2D eigenvalue weighted by molar-refractivity contribution is 7.17. The number of benzene rings is 1. The second-order valence-corrected chi connectivity index (χ2v) is 8.21. The summed E-state index contributed by atoms with van der Waals surface area (Å²) >= 11 is 1.40. The number of hydrogen-bond acceptors (Lipinski definition) is 4. The Morgan fingerprint density at radius 3 is 2.74 bits per heavy atom. The molecule has 0 radical (unpaired) electrons. The average molecular weight is 390 g/mol. The van der Waals surface area contributed by atoms with Crippen LogP contribution in [0.3, 0.4) is 0 Å². The zero-order valence-corrected chi connectivity index (χ0v) is 17.2. The molecular weight excluding hydrogens is 361 g/mol. The van der Waals surface area contributed by atoms with E-state index in [1.54, 1.807) is 6.07 Å². The Bertz CT molecular complexity index is 799. The summed E-state index contributed by atoms with van der Waals surface area (Å²) in [6.07, 6.45) is 5.10. The van der Waals surface area contributed by atoms with Gasteiger partial charge in [0.2, 0.25) is 0 Å². The predicted molar refractivity (Wildman–Crippen MR) is 109 cm³/mol. The number of rotatable bonds is 7. The molecule has 0 bridgehead atoms. The van der Waals surface area contributed by atoms with Gasteiger partial charge in [-0.25, -0.2) is 9.37 Å². The fourth-order valence-electron chi connectivity index (χ4n) is 3.66. The van der Waals surface area contributed by atoms with Crippen LogP contribution in [0.5, 0.6) is 0 Å². The van der Waals surface area contributed by atoms with Gasteiger partial charge in [-0.15, -0.1) is 11.3 Å². The van der Waals surface area contributed by atoms with Crippen molar-refractivity contribution in [1.29, 1.82) is 0 Å². The standard InChI is InChI=1S/C21H28FN3OS/c1-4-25(12-11-23-17-7-5-6-8-17)21(26)19-15(3)24-20(27-19)18-10-9-16(22)13-14(18)2/h9-10,13,17,23H,4-8,11-12H2,1-3H3. The third-order valence-electron chi connectivity index (χ3n) is 5.25. The maximum absolute atomic E-state index is 13.4. The number of aryl methyl sites for hydroxylation is 2. The van der Waals surface area contributed by atoms with Crippen LogP contribution in [0.25, 0.3) is 10.6 Å². The van der Waals surface area contributed by atoms with Gasteiger partial charge >= 0.3 is 0 Å². The molecule has 1 saturated carbocycles. The van der Waals surface area contributed by atoms with Crippen molar-refractivity contribution >= 4 is 17.2 Å². The first-order valence-corrected chi connectivity index (χ1v) is 10.6. The lowest BCUT2D eigenvalue weighted by molar-refractivity contribution is 0.0768. The van der Waals surface area contributed by atoms with Crippen molar-refractivity contribution in [2.75, 3.05) is 19.6 Å². The third kappa shape index (κ3) is 4.74. The number of thiazole rings is 1. The van der Waals surface area contributed by atoms with Crippen LogP contribution >= 0.6 is 11.3 Å². The van der Waals surface area contributed by atoms with Crippen molar-refractivity contribution in [3.8, 4) is 10.6 Å². The van der Waals surface area contributed by atoms with Crippen molar-refractivity contribution in [2.45, 2.75) is 52.5 Å². The number of nitrogens with zero attached hydrogens (tertiary/aromatic N) is 2. The molecule has 1 heterocycles. The fraction of sp³-hybridized carbons (Fsp3) is 0.524. The maximum Gasteiger partial charge on any atom is 0.265 e. The third-order valence-corrected chi connectivity index (χ3v) is 6.43. The highest BCUT2D eigenvalue weighted by Gasteiger charge is 2.22. The number of carbonyl (C=O) groups is 1. The van der Waals surface area contributed by atoms with E-state index in [4.69, 9.17) is 0 Å². The van der Waals surface area contributed by atoms with Gasteiger partial charge in [-0.2, -0.15) is 0 Å². The van der Waals surface area contributed by atoms with E-state index in [0.717, 1.165) is 28.4 Å². The van der Waals surface area contributed by atoms with E-state index in [1.807, 2.05) is 25.7 Å². The molecule has 4 nitrogen and oxygen atoms in total. The highest BCUT2D eigenvalue weighted by atomic mass is 32.1. The molecule has 1 aliphatic rings. The zero-order valence-electron chi connectivity index (χ0n) is 16.3. The predicted octanol–water partition coefficient (Wildman–Crippen LogP) is 4.56. The van der Waals surface area contributed by atoms with Crippen LogP contribution in [0.1, 0.15) is 53.5 Å². The van der Waals surface area contributed by atoms with Crippen LogP contribution in [0.4, 0.5) is 4.39 Å². The number of carbonyl (C=O) groups excluding carboxylic acids is 1. The highest BCUT2D eigenvalue weighted by Crippen LogP contribution is 2.31. The van der Waals surface area contributed by atoms with Crippen LogP contribution < -0.4 is 5.32 Å². The number of aromatic nitrogens is 1. The van der Waals surface area contributed by atoms with Gasteiger partial charge in [0.25, 0.3) is 5.91 Å². The van der Waals surface area contributed by atoms with Crippen molar-refractivity contribution in [3.05, 3.63) is 40.2 Å². The molecule has 6 heteroatoms. The first-order chi connectivity index (χ1) is 13.0. The summed E-state index contributed by atoms with van der Waals surface area (Å²) in [6, 6.07) is 5.28. The molecule has 1 aromatic heterocycles. The van der Waals surface area contributed by atoms with E-state index in [1.165, 1.54) is 49.2 Å². The molecular formula is C21H28FN3OS.